The van der Waals surface area contributed by atoms with Gasteiger partial charge in [-0.05, 0) is 25.0 Å². The first-order chi connectivity index (χ1) is 8.08. The summed E-state index contributed by atoms with van der Waals surface area (Å²) in [6.07, 6.45) is 3.83. The highest BCUT2D eigenvalue weighted by atomic mass is 16.4. The fourth-order valence-corrected chi connectivity index (χ4v) is 1.98. The molecule has 1 atom stereocenters. The summed E-state index contributed by atoms with van der Waals surface area (Å²) in [5.74, 6) is -0.376. The standard InChI is InChI=1S/C13H20N2O2/c1-4-10(5-2)9(3)15-11-6-7-12(13(16)17)14-8-11/h6-10,15H,4-5H2,1-3H3,(H,16,17). The SMILES string of the molecule is CCC(CC)C(C)Nc1ccc(C(=O)O)nc1. The summed E-state index contributed by atoms with van der Waals surface area (Å²) < 4.78 is 0. The summed E-state index contributed by atoms with van der Waals surface area (Å²) >= 11 is 0. The van der Waals surface area contributed by atoms with E-state index in [0.717, 1.165) is 18.5 Å². The molecule has 17 heavy (non-hydrogen) atoms. The van der Waals surface area contributed by atoms with Crippen LogP contribution in [0, 0.1) is 5.92 Å². The minimum atomic E-state index is -0.996. The van der Waals surface area contributed by atoms with E-state index in [1.54, 1.807) is 12.3 Å². The van der Waals surface area contributed by atoms with Gasteiger partial charge in [-0.15, -0.1) is 0 Å². The molecule has 0 spiro atoms. The van der Waals surface area contributed by atoms with Gasteiger partial charge in [-0.1, -0.05) is 26.7 Å². The number of hydrogen-bond donors (Lipinski definition) is 2. The van der Waals surface area contributed by atoms with Crippen LogP contribution in [0.25, 0.3) is 0 Å². The first-order valence-corrected chi connectivity index (χ1v) is 6.04. The van der Waals surface area contributed by atoms with Crippen LogP contribution in [0.1, 0.15) is 44.1 Å². The van der Waals surface area contributed by atoms with Crippen molar-refractivity contribution in [3.05, 3.63) is 24.0 Å². The topological polar surface area (TPSA) is 62.2 Å². The van der Waals surface area contributed by atoms with Crippen molar-refractivity contribution in [1.82, 2.24) is 4.98 Å². The zero-order valence-electron chi connectivity index (χ0n) is 10.6. The molecular weight excluding hydrogens is 216 g/mol. The second kappa shape index (κ2) is 6.23. The molecule has 0 fully saturated rings. The zero-order valence-corrected chi connectivity index (χ0v) is 10.6. The van der Waals surface area contributed by atoms with E-state index < -0.39 is 5.97 Å². The summed E-state index contributed by atoms with van der Waals surface area (Å²) in [6.45, 7) is 6.50. The van der Waals surface area contributed by atoms with E-state index >= 15 is 0 Å². The van der Waals surface area contributed by atoms with Gasteiger partial charge in [-0.3, -0.25) is 0 Å². The molecule has 0 amide bonds. The maximum atomic E-state index is 10.7. The molecule has 1 aromatic heterocycles. The summed E-state index contributed by atoms with van der Waals surface area (Å²) in [4.78, 5) is 14.5. The van der Waals surface area contributed by atoms with Crippen LogP contribution in [0.15, 0.2) is 18.3 Å². The number of carboxylic acid groups (broad SMARTS) is 1. The lowest BCUT2D eigenvalue weighted by Crippen LogP contribution is -2.25. The Labute approximate surface area is 102 Å². The Kier molecular flexibility index (Phi) is 4.94. The summed E-state index contributed by atoms with van der Waals surface area (Å²) in [6, 6.07) is 3.64. The number of anilines is 1. The summed E-state index contributed by atoms with van der Waals surface area (Å²) in [5, 5.41) is 12.1. The fourth-order valence-electron chi connectivity index (χ4n) is 1.98. The van der Waals surface area contributed by atoms with E-state index in [0.29, 0.717) is 12.0 Å². The smallest absolute Gasteiger partial charge is 0.354 e. The van der Waals surface area contributed by atoms with Crippen LogP contribution < -0.4 is 5.32 Å². The fraction of sp³-hybridized carbons (Fsp3) is 0.538. The Hall–Kier alpha value is -1.58. The van der Waals surface area contributed by atoms with Gasteiger partial charge in [-0.2, -0.15) is 0 Å². The molecule has 1 heterocycles. The molecule has 0 saturated heterocycles. The van der Waals surface area contributed by atoms with Gasteiger partial charge in [0.25, 0.3) is 0 Å². The molecule has 94 valence electrons. The number of rotatable bonds is 6. The molecule has 0 aliphatic rings. The van der Waals surface area contributed by atoms with Gasteiger partial charge in [0.1, 0.15) is 5.69 Å². The highest BCUT2D eigenvalue weighted by Gasteiger charge is 2.13. The van der Waals surface area contributed by atoms with Crippen molar-refractivity contribution in [1.29, 1.82) is 0 Å². The Morgan fingerprint density at radius 2 is 2.06 bits per heavy atom. The lowest BCUT2D eigenvalue weighted by Gasteiger charge is -2.23. The van der Waals surface area contributed by atoms with Crippen LogP contribution in [-0.2, 0) is 0 Å². The molecule has 0 aliphatic heterocycles. The Balaban J connectivity index is 2.65. The number of aromatic nitrogens is 1. The van der Waals surface area contributed by atoms with E-state index in [9.17, 15) is 4.79 Å². The van der Waals surface area contributed by atoms with Crippen molar-refractivity contribution in [2.75, 3.05) is 5.32 Å². The Morgan fingerprint density at radius 1 is 1.41 bits per heavy atom. The van der Waals surface area contributed by atoms with E-state index in [1.807, 2.05) is 0 Å². The predicted molar refractivity (Wildman–Crippen MR) is 68.4 cm³/mol. The molecule has 1 rings (SSSR count). The average Bonchev–Trinajstić information content (AvgIpc) is 2.31. The van der Waals surface area contributed by atoms with Gasteiger partial charge in [-0.25, -0.2) is 9.78 Å². The van der Waals surface area contributed by atoms with E-state index in [1.165, 1.54) is 6.07 Å². The van der Waals surface area contributed by atoms with Crippen molar-refractivity contribution in [3.8, 4) is 0 Å². The molecule has 0 aliphatic carbocycles. The third-order valence-corrected chi connectivity index (χ3v) is 3.13. The number of carbonyl (C=O) groups is 1. The molecule has 1 unspecified atom stereocenters. The lowest BCUT2D eigenvalue weighted by molar-refractivity contribution is 0.0690. The number of hydrogen-bond acceptors (Lipinski definition) is 3. The minimum absolute atomic E-state index is 0.0748. The summed E-state index contributed by atoms with van der Waals surface area (Å²) in [5.41, 5.74) is 0.945. The number of pyridine rings is 1. The van der Waals surface area contributed by atoms with Crippen LogP contribution in [0.3, 0.4) is 0 Å². The number of nitrogens with one attached hydrogen (secondary N) is 1. The van der Waals surface area contributed by atoms with Gasteiger partial charge in [0, 0.05) is 6.04 Å². The van der Waals surface area contributed by atoms with Crippen LogP contribution >= 0.6 is 0 Å². The predicted octanol–water partition coefficient (Wildman–Crippen LogP) is 3.02. The van der Waals surface area contributed by atoms with Gasteiger partial charge >= 0.3 is 5.97 Å². The van der Waals surface area contributed by atoms with Crippen molar-refractivity contribution >= 4 is 11.7 Å². The average molecular weight is 236 g/mol. The third kappa shape index (κ3) is 3.73. The monoisotopic (exact) mass is 236 g/mol. The molecule has 2 N–H and O–H groups in total. The number of carboxylic acids is 1. The van der Waals surface area contributed by atoms with Gasteiger partial charge < -0.3 is 10.4 Å². The van der Waals surface area contributed by atoms with Crippen LogP contribution in [0.2, 0.25) is 0 Å². The van der Waals surface area contributed by atoms with Crippen LogP contribution in [-0.4, -0.2) is 22.1 Å². The van der Waals surface area contributed by atoms with Gasteiger partial charge in [0.15, 0.2) is 0 Å². The number of nitrogens with zero attached hydrogens (tertiary/aromatic N) is 1. The Bertz CT molecular complexity index is 358. The van der Waals surface area contributed by atoms with Crippen molar-refractivity contribution in [3.63, 3.8) is 0 Å². The van der Waals surface area contributed by atoms with E-state index in [4.69, 9.17) is 5.11 Å². The van der Waals surface area contributed by atoms with Crippen molar-refractivity contribution in [2.24, 2.45) is 5.92 Å². The molecule has 4 nitrogen and oxygen atoms in total. The number of aromatic carboxylic acids is 1. The zero-order chi connectivity index (χ0) is 12.8. The molecule has 0 radical (unpaired) electrons. The van der Waals surface area contributed by atoms with Crippen molar-refractivity contribution in [2.45, 2.75) is 39.7 Å². The first kappa shape index (κ1) is 13.5. The molecule has 0 saturated carbocycles. The quantitative estimate of drug-likeness (QED) is 0.797. The van der Waals surface area contributed by atoms with Crippen LogP contribution in [0.4, 0.5) is 5.69 Å². The first-order valence-electron chi connectivity index (χ1n) is 6.04. The normalized spacial score (nSPS) is 12.5. The minimum Gasteiger partial charge on any atom is -0.477 e. The third-order valence-electron chi connectivity index (χ3n) is 3.13. The van der Waals surface area contributed by atoms with Crippen LogP contribution in [0.5, 0.6) is 0 Å². The van der Waals surface area contributed by atoms with Gasteiger partial charge in [0.2, 0.25) is 0 Å². The van der Waals surface area contributed by atoms with E-state index in [2.05, 4.69) is 31.1 Å². The lowest BCUT2D eigenvalue weighted by atomic mass is 9.95. The maximum Gasteiger partial charge on any atom is 0.354 e. The molecule has 1 aromatic rings. The van der Waals surface area contributed by atoms with Gasteiger partial charge in [0.05, 0.1) is 11.9 Å². The second-order valence-electron chi connectivity index (χ2n) is 4.25. The molecule has 4 heteroatoms. The van der Waals surface area contributed by atoms with Crippen molar-refractivity contribution < 1.29 is 9.90 Å². The second-order valence-corrected chi connectivity index (χ2v) is 4.25. The highest BCUT2D eigenvalue weighted by Crippen LogP contribution is 2.17. The Morgan fingerprint density at radius 3 is 2.47 bits per heavy atom. The largest absolute Gasteiger partial charge is 0.477 e. The molecular formula is C13H20N2O2. The highest BCUT2D eigenvalue weighted by molar-refractivity contribution is 5.85. The maximum absolute atomic E-state index is 10.7. The molecule has 0 aromatic carbocycles. The molecule has 0 bridgehead atoms. The van der Waals surface area contributed by atoms with E-state index in [-0.39, 0.29) is 5.69 Å². The summed E-state index contributed by atoms with van der Waals surface area (Å²) in [7, 11) is 0.